The summed E-state index contributed by atoms with van der Waals surface area (Å²) in [6, 6.07) is 10.2. The summed E-state index contributed by atoms with van der Waals surface area (Å²) >= 11 is 0. The number of hydrogen-bond acceptors (Lipinski definition) is 3. The minimum atomic E-state index is 0.232. The first-order valence-corrected chi connectivity index (χ1v) is 12.2. The maximum Gasteiger partial charge on any atom is 0.222 e. The average molecular weight is 421 g/mol. The number of nitriles is 1. The van der Waals surface area contributed by atoms with Gasteiger partial charge in [-0.25, -0.2) is 0 Å². The molecule has 1 saturated heterocycles. The second-order valence-electron chi connectivity index (χ2n) is 11.5. The molecule has 3 aliphatic carbocycles. The second kappa shape index (κ2) is 7.26. The van der Waals surface area contributed by atoms with Crippen LogP contribution >= 0.6 is 0 Å². The molecule has 1 aromatic carbocycles. The number of nitrogens with zero attached hydrogens (tertiary/aromatic N) is 2. The van der Waals surface area contributed by atoms with Gasteiger partial charge in [0.15, 0.2) is 0 Å². The van der Waals surface area contributed by atoms with Crippen LogP contribution in [0.4, 0.5) is 0 Å². The van der Waals surface area contributed by atoms with Crippen molar-refractivity contribution in [2.24, 2.45) is 34.5 Å². The lowest BCUT2D eigenvalue weighted by molar-refractivity contribution is -0.164. The first-order chi connectivity index (χ1) is 14.7. The van der Waals surface area contributed by atoms with E-state index in [4.69, 9.17) is 4.74 Å². The molecule has 4 aliphatic rings. The van der Waals surface area contributed by atoms with Crippen molar-refractivity contribution in [3.63, 3.8) is 0 Å². The van der Waals surface area contributed by atoms with E-state index in [1.165, 1.54) is 12.8 Å². The second-order valence-corrected chi connectivity index (χ2v) is 11.5. The highest BCUT2D eigenvalue weighted by Crippen LogP contribution is 2.66. The minimum Gasteiger partial charge on any atom is -0.490 e. The summed E-state index contributed by atoms with van der Waals surface area (Å²) in [5.41, 5.74) is 1.25. The fourth-order valence-electron chi connectivity index (χ4n) is 8.38. The molecule has 0 aromatic heterocycles. The molecule has 0 radical (unpaired) electrons. The summed E-state index contributed by atoms with van der Waals surface area (Å²) in [6.45, 7) is 7.43. The van der Waals surface area contributed by atoms with Crippen LogP contribution in [0.2, 0.25) is 0 Å². The Bertz CT molecular complexity index is 922. The Morgan fingerprint density at radius 3 is 2.77 bits per heavy atom. The third-order valence-electron chi connectivity index (χ3n) is 9.93. The van der Waals surface area contributed by atoms with E-state index in [1.807, 2.05) is 31.3 Å². The van der Waals surface area contributed by atoms with Crippen molar-refractivity contribution in [1.29, 1.82) is 5.26 Å². The molecule has 8 atom stereocenters. The van der Waals surface area contributed by atoms with Crippen molar-refractivity contribution >= 4 is 5.91 Å². The topological polar surface area (TPSA) is 53.3 Å². The van der Waals surface area contributed by atoms with Gasteiger partial charge < -0.3 is 9.64 Å². The molecule has 4 fully saturated rings. The van der Waals surface area contributed by atoms with E-state index >= 15 is 0 Å². The van der Waals surface area contributed by atoms with Crippen LogP contribution < -0.4 is 4.74 Å². The Labute approximate surface area is 186 Å². The fourth-order valence-corrected chi connectivity index (χ4v) is 8.38. The molecule has 31 heavy (non-hydrogen) atoms. The number of amides is 1. The standard InChI is InChI=1S/C27H36N2O2/c1-17-12-23-27(3,11-9-24(30)29(23)4)21-8-10-26(2)15-20(14-22(26)25(17)21)31-19-7-5-6-18(13-19)16-28/h5-7,13,17,20-23,25H,8-12,14-15H2,1-4H3/t17-,20-,21-,22-,23+,25?,26+,27+/m0/s1. The number of hydrogen-bond donors (Lipinski definition) is 0. The molecule has 3 saturated carbocycles. The van der Waals surface area contributed by atoms with Crippen molar-refractivity contribution < 1.29 is 9.53 Å². The van der Waals surface area contributed by atoms with Gasteiger partial charge in [-0.05, 0) is 91.2 Å². The molecule has 1 aromatic rings. The third-order valence-corrected chi connectivity index (χ3v) is 9.93. The number of carbonyl (C=O) groups excluding carboxylic acids is 1. The van der Waals surface area contributed by atoms with Crippen LogP contribution in [-0.4, -0.2) is 30.0 Å². The number of benzene rings is 1. The molecule has 1 unspecified atom stereocenters. The molecule has 4 nitrogen and oxygen atoms in total. The van der Waals surface area contributed by atoms with Crippen molar-refractivity contribution in [2.45, 2.75) is 77.9 Å². The van der Waals surface area contributed by atoms with Crippen LogP contribution in [0.3, 0.4) is 0 Å². The van der Waals surface area contributed by atoms with Crippen LogP contribution in [0.1, 0.15) is 71.3 Å². The van der Waals surface area contributed by atoms with Crippen LogP contribution in [-0.2, 0) is 4.79 Å². The normalized spacial score (nSPS) is 44.1. The van der Waals surface area contributed by atoms with Crippen molar-refractivity contribution in [2.75, 3.05) is 7.05 Å². The summed E-state index contributed by atoms with van der Waals surface area (Å²) < 4.78 is 6.45. The Morgan fingerprint density at radius 2 is 2.00 bits per heavy atom. The lowest BCUT2D eigenvalue weighted by Crippen LogP contribution is -2.62. The molecule has 0 bridgehead atoms. The highest BCUT2D eigenvalue weighted by Gasteiger charge is 2.62. The Hall–Kier alpha value is -2.02. The maximum absolute atomic E-state index is 12.4. The maximum atomic E-state index is 12.4. The van der Waals surface area contributed by atoms with Crippen LogP contribution in [0, 0.1) is 45.8 Å². The molecule has 1 aliphatic heterocycles. The third kappa shape index (κ3) is 3.19. The Balaban J connectivity index is 1.39. The van der Waals surface area contributed by atoms with Gasteiger partial charge in [0.1, 0.15) is 5.75 Å². The predicted octanol–water partition coefficient (Wildman–Crippen LogP) is 5.42. The van der Waals surface area contributed by atoms with E-state index in [0.29, 0.717) is 47.1 Å². The summed E-state index contributed by atoms with van der Waals surface area (Å²) in [5, 5.41) is 9.21. The molecule has 0 N–H and O–H groups in total. The highest BCUT2D eigenvalue weighted by molar-refractivity contribution is 5.77. The zero-order valence-corrected chi connectivity index (χ0v) is 19.4. The number of rotatable bonds is 2. The van der Waals surface area contributed by atoms with Gasteiger partial charge in [0, 0.05) is 19.5 Å². The fraction of sp³-hybridized carbons (Fsp3) is 0.704. The van der Waals surface area contributed by atoms with Crippen molar-refractivity contribution in [3.05, 3.63) is 29.8 Å². The van der Waals surface area contributed by atoms with Gasteiger partial charge in [-0.15, -0.1) is 0 Å². The SMILES string of the molecule is C[C@H]1C[C@H]2N(C)C(=O)CC[C@]2(C)[C@H]2CC[C@]3(C)C[C@@H](Oc4cccc(C#N)c4)C[C@H]3C12. The molecule has 0 spiro atoms. The van der Waals surface area contributed by atoms with E-state index in [0.717, 1.165) is 37.4 Å². The number of carbonyl (C=O) groups is 1. The van der Waals surface area contributed by atoms with Gasteiger partial charge in [-0.1, -0.05) is 26.8 Å². The first-order valence-electron chi connectivity index (χ1n) is 12.2. The number of ether oxygens (including phenoxy) is 1. The average Bonchev–Trinajstić information content (AvgIpc) is 3.08. The van der Waals surface area contributed by atoms with E-state index in [1.54, 1.807) is 0 Å². The van der Waals surface area contributed by atoms with Crippen LogP contribution in [0.15, 0.2) is 24.3 Å². The molecule has 4 heteroatoms. The van der Waals surface area contributed by atoms with Gasteiger partial charge in [-0.2, -0.15) is 5.26 Å². The highest BCUT2D eigenvalue weighted by atomic mass is 16.5. The molecule has 166 valence electrons. The van der Waals surface area contributed by atoms with Crippen molar-refractivity contribution in [1.82, 2.24) is 4.90 Å². The monoisotopic (exact) mass is 420 g/mol. The summed E-state index contributed by atoms with van der Waals surface area (Å²) in [7, 11) is 2.04. The first kappa shape index (κ1) is 20.9. The smallest absolute Gasteiger partial charge is 0.222 e. The van der Waals surface area contributed by atoms with Crippen LogP contribution in [0.5, 0.6) is 5.75 Å². The zero-order valence-electron chi connectivity index (χ0n) is 19.4. The molecular formula is C27H36N2O2. The van der Waals surface area contributed by atoms with E-state index in [-0.39, 0.29) is 11.5 Å². The lowest BCUT2D eigenvalue weighted by Gasteiger charge is -2.63. The van der Waals surface area contributed by atoms with Crippen molar-refractivity contribution in [3.8, 4) is 11.8 Å². The molecule has 5 rings (SSSR count). The quantitative estimate of drug-likeness (QED) is 0.642. The summed E-state index contributed by atoms with van der Waals surface area (Å²) in [5.74, 6) is 3.92. The zero-order chi connectivity index (χ0) is 22.0. The number of piperidine rings is 1. The van der Waals surface area contributed by atoms with Gasteiger partial charge in [0.2, 0.25) is 5.91 Å². The molecule has 1 amide bonds. The Morgan fingerprint density at radius 1 is 1.19 bits per heavy atom. The lowest BCUT2D eigenvalue weighted by atomic mass is 9.45. The van der Waals surface area contributed by atoms with E-state index in [2.05, 4.69) is 31.7 Å². The predicted molar refractivity (Wildman–Crippen MR) is 120 cm³/mol. The van der Waals surface area contributed by atoms with Gasteiger partial charge in [0.05, 0.1) is 17.7 Å². The van der Waals surface area contributed by atoms with E-state index in [9.17, 15) is 10.1 Å². The Kier molecular flexibility index (Phi) is 4.88. The minimum absolute atomic E-state index is 0.232. The van der Waals surface area contributed by atoms with Gasteiger partial charge >= 0.3 is 0 Å². The van der Waals surface area contributed by atoms with E-state index < -0.39 is 0 Å². The van der Waals surface area contributed by atoms with Gasteiger partial charge in [0.25, 0.3) is 0 Å². The number of fused-ring (bicyclic) bond motifs is 5. The molecule has 1 heterocycles. The van der Waals surface area contributed by atoms with Gasteiger partial charge in [-0.3, -0.25) is 4.79 Å². The summed E-state index contributed by atoms with van der Waals surface area (Å²) in [4.78, 5) is 14.5. The largest absolute Gasteiger partial charge is 0.490 e. The summed E-state index contributed by atoms with van der Waals surface area (Å²) in [6.07, 6.45) is 7.93. The van der Waals surface area contributed by atoms with Crippen LogP contribution in [0.25, 0.3) is 0 Å². The number of likely N-dealkylation sites (tertiary alicyclic amines) is 1. The molecular weight excluding hydrogens is 384 g/mol.